The molecule has 0 aromatic heterocycles. The van der Waals surface area contributed by atoms with E-state index >= 15 is 0 Å². The smallest absolute Gasteiger partial charge is 0.287 e. The standard InChI is InChI=1S/C21H28N2O2/c1-4-14-23(15-5-2)20(17-10-7-6-8-11-17)21(24)22-18-12-9-13-19(16-18)25-3/h6-13,16,20H,4-5,14-15H2,1-3H3,(H,22,24)/p+1/t20-/m1/s1. The predicted octanol–water partition coefficient (Wildman–Crippen LogP) is 3.08. The van der Waals surface area contributed by atoms with Crippen LogP contribution in [0.15, 0.2) is 54.6 Å². The fourth-order valence-electron chi connectivity index (χ4n) is 3.19. The lowest BCUT2D eigenvalue weighted by Gasteiger charge is -2.27. The number of quaternary nitrogens is 1. The highest BCUT2D eigenvalue weighted by atomic mass is 16.5. The topological polar surface area (TPSA) is 42.8 Å². The molecule has 2 N–H and O–H groups in total. The molecule has 4 heteroatoms. The summed E-state index contributed by atoms with van der Waals surface area (Å²) in [7, 11) is 1.63. The Balaban J connectivity index is 2.28. The number of carbonyl (C=O) groups is 1. The van der Waals surface area contributed by atoms with Gasteiger partial charge in [-0.3, -0.25) is 4.79 Å². The van der Waals surface area contributed by atoms with Gasteiger partial charge in [-0.05, 0) is 25.0 Å². The van der Waals surface area contributed by atoms with Gasteiger partial charge in [-0.2, -0.15) is 0 Å². The fourth-order valence-corrected chi connectivity index (χ4v) is 3.19. The molecule has 0 fully saturated rings. The number of ether oxygens (including phenoxy) is 1. The van der Waals surface area contributed by atoms with E-state index in [1.54, 1.807) is 7.11 Å². The van der Waals surface area contributed by atoms with E-state index in [1.807, 2.05) is 54.6 Å². The number of anilines is 1. The number of methoxy groups -OCH3 is 1. The summed E-state index contributed by atoms with van der Waals surface area (Å²) in [6, 6.07) is 17.3. The Morgan fingerprint density at radius 1 is 1.04 bits per heavy atom. The van der Waals surface area contributed by atoms with Crippen molar-refractivity contribution >= 4 is 11.6 Å². The summed E-state index contributed by atoms with van der Waals surface area (Å²) in [6.45, 7) is 6.27. The summed E-state index contributed by atoms with van der Waals surface area (Å²) in [5.41, 5.74) is 1.82. The number of hydrogen-bond donors (Lipinski definition) is 2. The molecule has 0 saturated heterocycles. The highest BCUT2D eigenvalue weighted by Gasteiger charge is 2.30. The molecule has 2 rings (SSSR count). The molecule has 0 aliphatic heterocycles. The minimum atomic E-state index is -0.215. The molecule has 4 nitrogen and oxygen atoms in total. The third kappa shape index (κ3) is 5.33. The van der Waals surface area contributed by atoms with Gasteiger partial charge in [0.05, 0.1) is 20.2 Å². The van der Waals surface area contributed by atoms with Gasteiger partial charge in [-0.1, -0.05) is 50.2 Å². The molecule has 0 spiro atoms. The molecule has 1 amide bonds. The molecule has 0 radical (unpaired) electrons. The van der Waals surface area contributed by atoms with Crippen molar-refractivity contribution in [3.63, 3.8) is 0 Å². The Bertz CT molecular complexity index is 652. The highest BCUT2D eigenvalue weighted by molar-refractivity contribution is 5.94. The summed E-state index contributed by atoms with van der Waals surface area (Å²) in [6.07, 6.45) is 2.09. The average Bonchev–Trinajstić information content (AvgIpc) is 2.63. The zero-order chi connectivity index (χ0) is 18.1. The highest BCUT2D eigenvalue weighted by Crippen LogP contribution is 2.19. The summed E-state index contributed by atoms with van der Waals surface area (Å²) in [5, 5.41) is 3.07. The van der Waals surface area contributed by atoms with Crippen LogP contribution in [0.25, 0.3) is 0 Å². The van der Waals surface area contributed by atoms with Crippen LogP contribution in [0.2, 0.25) is 0 Å². The van der Waals surface area contributed by atoms with Crippen molar-refractivity contribution in [3.05, 3.63) is 60.2 Å². The van der Waals surface area contributed by atoms with E-state index in [0.29, 0.717) is 0 Å². The summed E-state index contributed by atoms with van der Waals surface area (Å²) in [4.78, 5) is 14.4. The predicted molar refractivity (Wildman–Crippen MR) is 102 cm³/mol. The molecule has 134 valence electrons. The lowest BCUT2D eigenvalue weighted by molar-refractivity contribution is -0.922. The maximum Gasteiger partial charge on any atom is 0.287 e. The Kier molecular flexibility index (Phi) is 7.48. The van der Waals surface area contributed by atoms with E-state index in [4.69, 9.17) is 4.74 Å². The SMILES string of the molecule is CCC[NH+](CCC)[C@@H](C(=O)Nc1cccc(OC)c1)c1ccccc1. The normalized spacial score (nSPS) is 12.0. The molecule has 0 bridgehead atoms. The van der Waals surface area contributed by atoms with Gasteiger partial charge in [0, 0.05) is 17.3 Å². The molecule has 0 heterocycles. The first kappa shape index (κ1) is 19.0. The number of carbonyl (C=O) groups excluding carboxylic acids is 1. The maximum atomic E-state index is 13.1. The van der Waals surface area contributed by atoms with E-state index in [-0.39, 0.29) is 11.9 Å². The van der Waals surface area contributed by atoms with Crippen LogP contribution in [-0.2, 0) is 4.79 Å². The van der Waals surface area contributed by atoms with E-state index in [0.717, 1.165) is 42.9 Å². The van der Waals surface area contributed by atoms with Gasteiger partial charge in [0.2, 0.25) is 0 Å². The first-order chi connectivity index (χ1) is 12.2. The van der Waals surface area contributed by atoms with Crippen LogP contribution in [0.4, 0.5) is 5.69 Å². The molecule has 2 aromatic rings. The molecule has 1 atom stereocenters. The minimum absolute atomic E-state index is 0.0244. The lowest BCUT2D eigenvalue weighted by atomic mass is 10.0. The van der Waals surface area contributed by atoms with Gasteiger partial charge in [0.15, 0.2) is 6.04 Å². The first-order valence-corrected chi connectivity index (χ1v) is 9.04. The molecular weight excluding hydrogens is 312 g/mol. The lowest BCUT2D eigenvalue weighted by Crippen LogP contribution is -3.13. The number of benzene rings is 2. The van der Waals surface area contributed by atoms with E-state index in [9.17, 15) is 4.79 Å². The minimum Gasteiger partial charge on any atom is -0.497 e. The number of rotatable bonds is 9. The molecular formula is C21H29N2O2+. The van der Waals surface area contributed by atoms with Gasteiger partial charge >= 0.3 is 0 Å². The van der Waals surface area contributed by atoms with E-state index in [2.05, 4.69) is 19.2 Å². The van der Waals surface area contributed by atoms with Gasteiger partial charge in [0.1, 0.15) is 5.75 Å². The van der Waals surface area contributed by atoms with Crippen molar-refractivity contribution in [2.24, 2.45) is 0 Å². The number of amides is 1. The Labute approximate surface area is 150 Å². The van der Waals surface area contributed by atoms with Gasteiger partial charge < -0.3 is 15.0 Å². The molecule has 0 aliphatic carbocycles. The second kappa shape index (κ2) is 9.84. The van der Waals surface area contributed by atoms with Crippen molar-refractivity contribution in [1.82, 2.24) is 0 Å². The van der Waals surface area contributed by atoms with Crippen LogP contribution in [-0.4, -0.2) is 26.1 Å². The van der Waals surface area contributed by atoms with Crippen LogP contribution >= 0.6 is 0 Å². The van der Waals surface area contributed by atoms with Crippen LogP contribution in [0.1, 0.15) is 38.3 Å². The van der Waals surface area contributed by atoms with E-state index < -0.39 is 0 Å². The van der Waals surface area contributed by atoms with Crippen molar-refractivity contribution in [3.8, 4) is 5.75 Å². The third-order valence-electron chi connectivity index (χ3n) is 4.28. The Morgan fingerprint density at radius 2 is 1.72 bits per heavy atom. The molecule has 25 heavy (non-hydrogen) atoms. The van der Waals surface area contributed by atoms with Crippen LogP contribution in [0, 0.1) is 0 Å². The largest absolute Gasteiger partial charge is 0.497 e. The van der Waals surface area contributed by atoms with Crippen LogP contribution < -0.4 is 15.0 Å². The molecule has 0 unspecified atom stereocenters. The van der Waals surface area contributed by atoms with E-state index in [1.165, 1.54) is 4.90 Å². The Morgan fingerprint density at radius 3 is 2.32 bits per heavy atom. The van der Waals surface area contributed by atoms with Crippen molar-refractivity contribution < 1.29 is 14.4 Å². The zero-order valence-corrected chi connectivity index (χ0v) is 15.4. The summed E-state index contributed by atoms with van der Waals surface area (Å²) in [5.74, 6) is 0.761. The average molecular weight is 341 g/mol. The molecule has 2 aromatic carbocycles. The number of nitrogens with one attached hydrogen (secondary N) is 2. The number of hydrogen-bond acceptors (Lipinski definition) is 2. The second-order valence-corrected chi connectivity index (χ2v) is 6.22. The Hall–Kier alpha value is -2.33. The van der Waals surface area contributed by atoms with Crippen molar-refractivity contribution in [2.45, 2.75) is 32.7 Å². The molecule has 0 aliphatic rings. The van der Waals surface area contributed by atoms with Crippen molar-refractivity contribution in [1.29, 1.82) is 0 Å². The maximum absolute atomic E-state index is 13.1. The van der Waals surface area contributed by atoms with Crippen molar-refractivity contribution in [2.75, 3.05) is 25.5 Å². The fraction of sp³-hybridized carbons (Fsp3) is 0.381. The van der Waals surface area contributed by atoms with Gasteiger partial charge in [-0.25, -0.2) is 0 Å². The van der Waals surface area contributed by atoms with Gasteiger partial charge in [-0.15, -0.1) is 0 Å². The van der Waals surface area contributed by atoms with Gasteiger partial charge in [0.25, 0.3) is 5.91 Å². The monoisotopic (exact) mass is 341 g/mol. The third-order valence-corrected chi connectivity index (χ3v) is 4.28. The molecule has 0 saturated carbocycles. The summed E-state index contributed by atoms with van der Waals surface area (Å²) < 4.78 is 5.25. The van der Waals surface area contributed by atoms with Crippen LogP contribution in [0.3, 0.4) is 0 Å². The summed E-state index contributed by atoms with van der Waals surface area (Å²) >= 11 is 0. The second-order valence-electron chi connectivity index (χ2n) is 6.22. The quantitative estimate of drug-likeness (QED) is 0.736. The van der Waals surface area contributed by atoms with Crippen LogP contribution in [0.5, 0.6) is 5.75 Å². The zero-order valence-electron chi connectivity index (χ0n) is 15.4. The first-order valence-electron chi connectivity index (χ1n) is 9.04.